The highest BCUT2D eigenvalue weighted by molar-refractivity contribution is 5.95. The number of carbonyl (C=O) groups is 1. The van der Waals surface area contributed by atoms with Crippen molar-refractivity contribution in [3.63, 3.8) is 0 Å². The average Bonchev–Trinajstić information content (AvgIpc) is 3.09. The van der Waals surface area contributed by atoms with Crippen LogP contribution >= 0.6 is 0 Å². The van der Waals surface area contributed by atoms with Crippen LogP contribution < -0.4 is 0 Å². The molecule has 0 fully saturated rings. The third-order valence-electron chi connectivity index (χ3n) is 4.16. The molecule has 1 amide bonds. The van der Waals surface area contributed by atoms with E-state index in [9.17, 15) is 4.79 Å². The molecule has 0 aliphatic carbocycles. The molecular formula is C20H21N3O2. The van der Waals surface area contributed by atoms with Crippen molar-refractivity contribution >= 4 is 5.91 Å². The van der Waals surface area contributed by atoms with Crippen LogP contribution in [-0.4, -0.2) is 34.5 Å². The van der Waals surface area contributed by atoms with Crippen LogP contribution in [0.4, 0.5) is 0 Å². The van der Waals surface area contributed by atoms with Crippen molar-refractivity contribution < 1.29 is 9.32 Å². The zero-order valence-electron chi connectivity index (χ0n) is 14.7. The molecule has 128 valence electrons. The Kier molecular flexibility index (Phi) is 4.93. The lowest BCUT2D eigenvalue weighted by Gasteiger charge is -2.17. The van der Waals surface area contributed by atoms with E-state index in [-0.39, 0.29) is 5.91 Å². The Morgan fingerprint density at radius 1 is 1.08 bits per heavy atom. The molecule has 0 unspecified atom stereocenters. The highest BCUT2D eigenvalue weighted by Crippen LogP contribution is 2.18. The maximum Gasteiger partial charge on any atom is 0.257 e. The summed E-state index contributed by atoms with van der Waals surface area (Å²) in [5.74, 6) is 1.10. The maximum atomic E-state index is 12.5. The number of nitrogens with zero attached hydrogens (tertiary/aromatic N) is 3. The Morgan fingerprint density at radius 2 is 1.80 bits per heavy atom. The first-order chi connectivity index (χ1) is 12.0. The summed E-state index contributed by atoms with van der Waals surface area (Å²) in [4.78, 5) is 18.6. The number of rotatable bonds is 5. The molecule has 0 bridgehead atoms. The van der Waals surface area contributed by atoms with Crippen molar-refractivity contribution in [2.45, 2.75) is 20.3 Å². The van der Waals surface area contributed by atoms with Crippen LogP contribution in [0.25, 0.3) is 11.5 Å². The molecule has 5 heteroatoms. The fourth-order valence-corrected chi connectivity index (χ4v) is 2.56. The summed E-state index contributed by atoms with van der Waals surface area (Å²) in [6.07, 6.45) is 0.545. The van der Waals surface area contributed by atoms with Crippen molar-refractivity contribution in [1.29, 1.82) is 0 Å². The lowest BCUT2D eigenvalue weighted by molar-refractivity contribution is 0.0795. The molecule has 0 saturated carbocycles. The van der Waals surface area contributed by atoms with Crippen molar-refractivity contribution in [3.05, 3.63) is 71.0 Å². The molecule has 0 aliphatic heterocycles. The van der Waals surface area contributed by atoms with Crippen LogP contribution in [0.2, 0.25) is 0 Å². The minimum Gasteiger partial charge on any atom is -0.341 e. The number of aryl methyl sites for hydroxylation is 2. The van der Waals surface area contributed by atoms with Gasteiger partial charge < -0.3 is 9.42 Å². The Bertz CT molecular complexity index is 869. The number of hydrogen-bond donors (Lipinski definition) is 0. The molecule has 0 radical (unpaired) electrons. The van der Waals surface area contributed by atoms with Crippen LogP contribution in [0.5, 0.6) is 0 Å². The molecule has 3 rings (SSSR count). The fourth-order valence-electron chi connectivity index (χ4n) is 2.56. The monoisotopic (exact) mass is 335 g/mol. The smallest absolute Gasteiger partial charge is 0.257 e. The van der Waals surface area contributed by atoms with Crippen LogP contribution in [-0.2, 0) is 6.42 Å². The van der Waals surface area contributed by atoms with E-state index in [0.717, 1.165) is 16.7 Å². The number of benzene rings is 2. The van der Waals surface area contributed by atoms with Crippen molar-refractivity contribution in [2.75, 3.05) is 13.6 Å². The minimum absolute atomic E-state index is 0.000327. The predicted molar refractivity (Wildman–Crippen MR) is 96.3 cm³/mol. The van der Waals surface area contributed by atoms with Crippen molar-refractivity contribution in [2.24, 2.45) is 0 Å². The van der Waals surface area contributed by atoms with Gasteiger partial charge in [0.15, 0.2) is 5.82 Å². The molecule has 25 heavy (non-hydrogen) atoms. The van der Waals surface area contributed by atoms with Crippen LogP contribution in [0, 0.1) is 13.8 Å². The van der Waals surface area contributed by atoms with Crippen LogP contribution in [0.15, 0.2) is 53.1 Å². The summed E-state index contributed by atoms with van der Waals surface area (Å²) in [5.41, 5.74) is 3.77. The third kappa shape index (κ3) is 3.94. The van der Waals surface area contributed by atoms with E-state index in [4.69, 9.17) is 4.52 Å². The fraction of sp³-hybridized carbons (Fsp3) is 0.250. The largest absolute Gasteiger partial charge is 0.341 e. The standard InChI is InChI=1S/C20H21N3O2/c1-14-8-10-16(11-9-14)19-21-18(22-25-19)12-13-23(3)20(24)17-7-5-4-6-15(17)2/h4-11H,12-13H2,1-3H3. The van der Waals surface area contributed by atoms with Gasteiger partial charge in [-0.05, 0) is 37.6 Å². The van der Waals surface area contributed by atoms with Gasteiger partial charge in [0.2, 0.25) is 0 Å². The van der Waals surface area contributed by atoms with E-state index >= 15 is 0 Å². The number of carbonyl (C=O) groups excluding carboxylic acids is 1. The van der Waals surface area contributed by atoms with E-state index in [0.29, 0.717) is 24.7 Å². The summed E-state index contributed by atoms with van der Waals surface area (Å²) >= 11 is 0. The molecule has 0 spiro atoms. The Hall–Kier alpha value is -2.95. The van der Waals surface area contributed by atoms with E-state index < -0.39 is 0 Å². The second kappa shape index (κ2) is 7.30. The lowest BCUT2D eigenvalue weighted by atomic mass is 10.1. The first-order valence-corrected chi connectivity index (χ1v) is 8.25. The normalized spacial score (nSPS) is 10.7. The summed E-state index contributed by atoms with van der Waals surface area (Å²) in [7, 11) is 1.79. The van der Waals surface area contributed by atoms with Crippen molar-refractivity contribution in [1.82, 2.24) is 15.0 Å². The predicted octanol–water partition coefficient (Wildman–Crippen LogP) is 3.67. The van der Waals surface area contributed by atoms with Crippen LogP contribution in [0.3, 0.4) is 0 Å². The van der Waals surface area contributed by atoms with Gasteiger partial charge in [-0.15, -0.1) is 0 Å². The topological polar surface area (TPSA) is 59.2 Å². The number of likely N-dealkylation sites (N-methyl/N-ethyl adjacent to an activating group) is 1. The van der Waals surface area contributed by atoms with Gasteiger partial charge in [0.1, 0.15) is 0 Å². The van der Waals surface area contributed by atoms with E-state index in [2.05, 4.69) is 10.1 Å². The zero-order chi connectivity index (χ0) is 17.8. The molecule has 0 saturated heterocycles. The van der Waals surface area contributed by atoms with E-state index in [1.54, 1.807) is 11.9 Å². The van der Waals surface area contributed by atoms with E-state index in [1.807, 2.05) is 62.4 Å². The number of aromatic nitrogens is 2. The quantitative estimate of drug-likeness (QED) is 0.714. The molecule has 1 aromatic heterocycles. The van der Waals surface area contributed by atoms with Gasteiger partial charge in [-0.25, -0.2) is 0 Å². The molecular weight excluding hydrogens is 314 g/mol. The molecule has 3 aromatic rings. The molecule has 1 heterocycles. The summed E-state index contributed by atoms with van der Waals surface area (Å²) in [6.45, 7) is 4.50. The summed E-state index contributed by atoms with van der Waals surface area (Å²) < 4.78 is 5.32. The lowest BCUT2D eigenvalue weighted by Crippen LogP contribution is -2.29. The maximum absolute atomic E-state index is 12.5. The van der Waals surface area contributed by atoms with Crippen molar-refractivity contribution in [3.8, 4) is 11.5 Å². The number of hydrogen-bond acceptors (Lipinski definition) is 4. The molecule has 0 N–H and O–H groups in total. The summed E-state index contributed by atoms with van der Waals surface area (Å²) in [5, 5.41) is 4.01. The van der Waals surface area contributed by atoms with Gasteiger partial charge in [-0.1, -0.05) is 41.1 Å². The van der Waals surface area contributed by atoms with Gasteiger partial charge in [-0.3, -0.25) is 4.79 Å². The highest BCUT2D eigenvalue weighted by atomic mass is 16.5. The SMILES string of the molecule is Cc1ccc(-c2nc(CCN(C)C(=O)c3ccccc3C)no2)cc1. The minimum atomic E-state index is 0.000327. The van der Waals surface area contributed by atoms with Gasteiger partial charge in [0.05, 0.1) is 0 Å². The molecule has 0 aliphatic rings. The van der Waals surface area contributed by atoms with Gasteiger partial charge in [0, 0.05) is 31.1 Å². The Balaban J connectivity index is 1.63. The second-order valence-electron chi connectivity index (χ2n) is 6.17. The first kappa shape index (κ1) is 16.9. The van der Waals surface area contributed by atoms with E-state index in [1.165, 1.54) is 5.56 Å². The average molecular weight is 335 g/mol. The molecule has 5 nitrogen and oxygen atoms in total. The zero-order valence-corrected chi connectivity index (χ0v) is 14.7. The second-order valence-corrected chi connectivity index (χ2v) is 6.17. The first-order valence-electron chi connectivity index (χ1n) is 8.25. The molecule has 0 atom stereocenters. The van der Waals surface area contributed by atoms with Gasteiger partial charge in [-0.2, -0.15) is 4.98 Å². The number of amides is 1. The van der Waals surface area contributed by atoms with Gasteiger partial charge >= 0.3 is 0 Å². The third-order valence-corrected chi connectivity index (χ3v) is 4.16. The van der Waals surface area contributed by atoms with Crippen LogP contribution in [0.1, 0.15) is 27.3 Å². The molecule has 2 aromatic carbocycles. The van der Waals surface area contributed by atoms with Gasteiger partial charge in [0.25, 0.3) is 11.8 Å². The highest BCUT2D eigenvalue weighted by Gasteiger charge is 2.15. The summed E-state index contributed by atoms with van der Waals surface area (Å²) in [6, 6.07) is 15.5. The Labute approximate surface area is 147 Å². The Morgan fingerprint density at radius 3 is 2.52 bits per heavy atom.